The van der Waals surface area contributed by atoms with E-state index in [1.165, 1.54) is 54.0 Å². The molecule has 4 heteroatoms. The van der Waals surface area contributed by atoms with Crippen molar-refractivity contribution in [1.29, 1.82) is 0 Å². The van der Waals surface area contributed by atoms with Crippen molar-refractivity contribution < 1.29 is 57.7 Å². The van der Waals surface area contributed by atoms with Crippen LogP contribution in [0.3, 0.4) is 0 Å². The number of rotatable bonds is 5. The molecular formula is C33H29Cl3Ti. The van der Waals surface area contributed by atoms with Crippen LogP contribution in [0.15, 0.2) is 119 Å². The van der Waals surface area contributed by atoms with Gasteiger partial charge < -0.3 is 37.2 Å². The summed E-state index contributed by atoms with van der Waals surface area (Å²) in [7, 11) is 0. The zero-order valence-electron chi connectivity index (χ0n) is 21.2. The summed E-state index contributed by atoms with van der Waals surface area (Å²) < 4.78 is 1.38. The van der Waals surface area contributed by atoms with Gasteiger partial charge in [-0.1, -0.05) is 0 Å². The number of hydrogen-bond acceptors (Lipinski definition) is 0. The molecule has 0 unspecified atom stereocenters. The fourth-order valence-electron chi connectivity index (χ4n) is 5.45. The smallest absolute Gasteiger partial charge is 1.00 e. The fraction of sp³-hybridized carbons (Fsp3) is 0.152. The van der Waals surface area contributed by atoms with E-state index >= 15 is 0 Å². The van der Waals surface area contributed by atoms with E-state index in [9.17, 15) is 0 Å². The van der Waals surface area contributed by atoms with Crippen molar-refractivity contribution in [2.75, 3.05) is 0 Å². The first-order valence-corrected chi connectivity index (χ1v) is 12.7. The summed E-state index contributed by atoms with van der Waals surface area (Å²) in [4.78, 5) is 0. The predicted octanol–water partition coefficient (Wildman–Crippen LogP) is -0.754. The minimum absolute atomic E-state index is 0. The van der Waals surface area contributed by atoms with Crippen LogP contribution in [0.1, 0.15) is 45.4 Å². The second-order valence-corrected chi connectivity index (χ2v) is 10.2. The second kappa shape index (κ2) is 13.1. The fourth-order valence-corrected chi connectivity index (χ4v) is 6.29. The Morgan fingerprint density at radius 1 is 0.568 bits per heavy atom. The average molecular weight is 580 g/mol. The van der Waals surface area contributed by atoms with Crippen LogP contribution < -0.4 is 37.2 Å². The number of hydrogen-bond donors (Lipinski definition) is 0. The van der Waals surface area contributed by atoms with Crippen molar-refractivity contribution in [1.82, 2.24) is 0 Å². The van der Waals surface area contributed by atoms with Crippen LogP contribution in [0.25, 0.3) is 5.57 Å². The van der Waals surface area contributed by atoms with Gasteiger partial charge in [0.2, 0.25) is 0 Å². The molecule has 0 saturated heterocycles. The number of aryl methyl sites for hydroxylation is 3. The quantitative estimate of drug-likeness (QED) is 0.216. The molecule has 0 N–H and O–H groups in total. The second-order valence-electron chi connectivity index (χ2n) is 9.40. The van der Waals surface area contributed by atoms with E-state index in [0.29, 0.717) is 0 Å². The predicted molar refractivity (Wildman–Crippen MR) is 139 cm³/mol. The molecule has 0 aromatic heterocycles. The molecule has 1 aliphatic carbocycles. The Hall–Kier alpha value is -2.06. The van der Waals surface area contributed by atoms with Crippen molar-refractivity contribution in [2.45, 2.75) is 32.6 Å². The van der Waals surface area contributed by atoms with Gasteiger partial charge in [0.15, 0.2) is 0 Å². The molecule has 0 nitrogen and oxygen atoms in total. The van der Waals surface area contributed by atoms with E-state index in [-0.39, 0.29) is 42.6 Å². The van der Waals surface area contributed by atoms with E-state index in [0.717, 1.165) is 6.42 Å². The number of halogens is 3. The molecule has 0 saturated carbocycles. The Bertz CT molecular complexity index is 1310. The van der Waals surface area contributed by atoms with Gasteiger partial charge in [-0.2, -0.15) is 0 Å². The van der Waals surface area contributed by atoms with Gasteiger partial charge in [-0.25, -0.2) is 0 Å². The van der Waals surface area contributed by atoms with Gasteiger partial charge in [0.1, 0.15) is 0 Å². The van der Waals surface area contributed by atoms with Crippen LogP contribution in [-0.4, -0.2) is 0 Å². The van der Waals surface area contributed by atoms with E-state index in [1.807, 2.05) is 0 Å². The molecule has 0 radical (unpaired) electrons. The standard InChI is InChI=1S/C33H29.3ClH.Ti/c1-24-10-7-15-29(20-24)33(30-16-8-11-25(2)21-30,31-17-9-12-26(3)22-31)32-19-18-28(23-32)27-13-5-4-6-14-27;;;;/h4-18,20-22H,19H2,1-3H3;3*1H;/q;;;;+3/p-3. The average Bonchev–Trinajstić information content (AvgIpc) is 3.22. The summed E-state index contributed by atoms with van der Waals surface area (Å²) >= 11 is 2.32. The molecule has 0 heterocycles. The third kappa shape index (κ3) is 5.85. The largest absolute Gasteiger partial charge is 1.00 e. The molecule has 186 valence electrons. The molecule has 1 aliphatic rings. The first kappa shape index (κ1) is 31.2. The maximum atomic E-state index is 2.43. The first-order valence-electron chi connectivity index (χ1n) is 11.9. The van der Waals surface area contributed by atoms with E-state index < -0.39 is 0 Å². The molecule has 0 spiro atoms. The molecule has 0 amide bonds. The van der Waals surface area contributed by atoms with Crippen molar-refractivity contribution in [3.8, 4) is 0 Å². The monoisotopic (exact) mass is 578 g/mol. The van der Waals surface area contributed by atoms with E-state index in [1.54, 1.807) is 0 Å². The third-order valence-electron chi connectivity index (χ3n) is 6.97. The van der Waals surface area contributed by atoms with Gasteiger partial charge in [0, 0.05) is 0 Å². The van der Waals surface area contributed by atoms with Crippen molar-refractivity contribution >= 4 is 5.57 Å². The molecule has 5 rings (SSSR count). The van der Waals surface area contributed by atoms with Gasteiger partial charge in [-0.15, -0.1) is 0 Å². The van der Waals surface area contributed by atoms with Crippen LogP contribution in [0.5, 0.6) is 0 Å². The summed E-state index contributed by atoms with van der Waals surface area (Å²) in [5, 5.41) is 0. The Balaban J connectivity index is 0.00000160. The summed E-state index contributed by atoms with van der Waals surface area (Å²) in [5.41, 5.74) is 11.6. The van der Waals surface area contributed by atoms with Crippen LogP contribution in [0, 0.1) is 20.8 Å². The maximum Gasteiger partial charge on any atom is -1.00 e. The van der Waals surface area contributed by atoms with E-state index in [4.69, 9.17) is 0 Å². The number of benzene rings is 4. The van der Waals surface area contributed by atoms with Gasteiger partial charge >= 0.3 is 216 Å². The van der Waals surface area contributed by atoms with Crippen LogP contribution in [-0.2, 0) is 25.9 Å². The molecule has 0 aliphatic heterocycles. The van der Waals surface area contributed by atoms with Gasteiger partial charge in [0.25, 0.3) is 0 Å². The topological polar surface area (TPSA) is 0 Å². The molecule has 0 fully saturated rings. The third-order valence-corrected chi connectivity index (χ3v) is 7.86. The summed E-state index contributed by atoms with van der Waals surface area (Å²) in [6.07, 6.45) is 3.36. The van der Waals surface area contributed by atoms with E-state index in [2.05, 4.69) is 150 Å². The molecule has 4 aromatic carbocycles. The van der Waals surface area contributed by atoms with Crippen molar-refractivity contribution in [3.05, 3.63) is 158 Å². The van der Waals surface area contributed by atoms with Crippen LogP contribution >= 0.6 is 0 Å². The Morgan fingerprint density at radius 2 is 1.00 bits per heavy atom. The summed E-state index contributed by atoms with van der Waals surface area (Å²) in [6, 6.07) is 38.1. The molecule has 4 aromatic rings. The minimum atomic E-state index is -0.360. The van der Waals surface area contributed by atoms with Crippen molar-refractivity contribution in [2.24, 2.45) is 0 Å². The zero-order chi connectivity index (χ0) is 23.7. The molecule has 0 atom stereocenters. The summed E-state index contributed by atoms with van der Waals surface area (Å²) in [6.45, 7) is 6.60. The minimum Gasteiger partial charge on any atom is -1.00 e. The van der Waals surface area contributed by atoms with Crippen molar-refractivity contribution in [3.63, 3.8) is 0 Å². The SMILES string of the molecule is Cc1cccc(C(C2=[C]([Ti+3])C(c3ccccc3)=CC2)(c2cccc(C)c2)c2cccc(C)c2)c1.[Cl-].[Cl-].[Cl-]. The molecule has 37 heavy (non-hydrogen) atoms. The van der Waals surface area contributed by atoms with Gasteiger partial charge in [0.05, 0.1) is 0 Å². The van der Waals surface area contributed by atoms with Gasteiger partial charge in [-0.05, 0) is 0 Å². The molecular weight excluding hydrogens is 551 g/mol. The summed E-state index contributed by atoms with van der Waals surface area (Å²) in [5.74, 6) is 0. The Kier molecular flexibility index (Phi) is 11.1. The normalized spacial score (nSPS) is 12.7. The zero-order valence-corrected chi connectivity index (χ0v) is 25.1. The van der Waals surface area contributed by atoms with Crippen LogP contribution in [0.2, 0.25) is 0 Å². The number of allylic oxidation sites excluding steroid dienone is 4. The molecule has 0 bridgehead atoms. The Morgan fingerprint density at radius 3 is 1.41 bits per heavy atom. The first-order chi connectivity index (χ1) is 16.5. The van der Waals surface area contributed by atoms with Crippen LogP contribution in [0.4, 0.5) is 0 Å². The van der Waals surface area contributed by atoms with Gasteiger partial charge in [-0.3, -0.25) is 0 Å². The Labute approximate surface area is 251 Å². The maximum absolute atomic E-state index is 2.43.